The van der Waals surface area contributed by atoms with Crippen molar-refractivity contribution in [3.05, 3.63) is 53.4 Å². The quantitative estimate of drug-likeness (QED) is 0.937. The maximum absolute atomic E-state index is 13.4. The molecule has 1 aliphatic heterocycles. The molecule has 1 saturated heterocycles. The molecule has 2 aromatic rings. The van der Waals surface area contributed by atoms with E-state index in [0.29, 0.717) is 25.1 Å². The maximum atomic E-state index is 13.4. The van der Waals surface area contributed by atoms with Gasteiger partial charge in [0.25, 0.3) is 0 Å². The van der Waals surface area contributed by atoms with Crippen LogP contribution in [0.2, 0.25) is 0 Å². The van der Waals surface area contributed by atoms with Crippen LogP contribution in [0, 0.1) is 11.6 Å². The van der Waals surface area contributed by atoms with Crippen molar-refractivity contribution in [2.75, 3.05) is 6.54 Å². The van der Waals surface area contributed by atoms with Crippen LogP contribution in [-0.2, 0) is 6.54 Å². The summed E-state index contributed by atoms with van der Waals surface area (Å²) in [6, 6.07) is 5.44. The van der Waals surface area contributed by atoms with Gasteiger partial charge in [-0.2, -0.15) is 0 Å². The number of aliphatic hydroxyl groups is 1. The predicted molar refractivity (Wildman–Crippen MR) is 66.6 cm³/mol. The summed E-state index contributed by atoms with van der Waals surface area (Å²) in [6.07, 6.45) is 1.48. The second kappa shape index (κ2) is 5.30. The molecule has 0 spiro atoms. The minimum atomic E-state index is -0.870. The highest BCUT2D eigenvalue weighted by atomic mass is 19.2. The van der Waals surface area contributed by atoms with Crippen LogP contribution in [-0.4, -0.2) is 27.8 Å². The number of likely N-dealkylation sites (tertiary alicyclic amines) is 1. The van der Waals surface area contributed by atoms with Crippen molar-refractivity contribution in [1.82, 2.24) is 10.1 Å². The molecule has 106 valence electrons. The number of hydrogen-bond donors (Lipinski definition) is 1. The van der Waals surface area contributed by atoms with Gasteiger partial charge in [-0.05, 0) is 24.1 Å². The molecule has 0 saturated carbocycles. The van der Waals surface area contributed by atoms with E-state index in [0.717, 1.165) is 11.8 Å². The summed E-state index contributed by atoms with van der Waals surface area (Å²) >= 11 is 0. The van der Waals surface area contributed by atoms with Crippen LogP contribution in [0.3, 0.4) is 0 Å². The normalized spacial score (nSPS) is 23.4. The molecular weight excluding hydrogens is 266 g/mol. The first-order chi connectivity index (χ1) is 9.63. The molecular formula is C14H14F2N2O2. The van der Waals surface area contributed by atoms with Crippen molar-refractivity contribution >= 4 is 0 Å². The Hall–Kier alpha value is -1.79. The summed E-state index contributed by atoms with van der Waals surface area (Å²) in [5, 5.41) is 13.7. The van der Waals surface area contributed by atoms with Crippen LogP contribution in [0.5, 0.6) is 0 Å². The van der Waals surface area contributed by atoms with E-state index in [9.17, 15) is 13.9 Å². The Kier molecular flexibility index (Phi) is 3.50. The van der Waals surface area contributed by atoms with Crippen molar-refractivity contribution in [3.8, 4) is 0 Å². The van der Waals surface area contributed by atoms with Crippen LogP contribution in [0.1, 0.15) is 23.7 Å². The van der Waals surface area contributed by atoms with E-state index in [1.165, 1.54) is 12.3 Å². The second-order valence-corrected chi connectivity index (χ2v) is 5.00. The fourth-order valence-corrected chi connectivity index (χ4v) is 2.65. The van der Waals surface area contributed by atoms with Crippen LogP contribution < -0.4 is 0 Å². The van der Waals surface area contributed by atoms with Gasteiger partial charge in [0.1, 0.15) is 6.26 Å². The maximum Gasteiger partial charge on any atom is 0.159 e. The molecule has 6 heteroatoms. The van der Waals surface area contributed by atoms with Gasteiger partial charge in [-0.3, -0.25) is 4.90 Å². The number of aromatic nitrogens is 1. The van der Waals surface area contributed by atoms with Crippen LogP contribution in [0.4, 0.5) is 8.78 Å². The molecule has 1 aromatic heterocycles. The van der Waals surface area contributed by atoms with Crippen molar-refractivity contribution in [2.45, 2.75) is 25.1 Å². The first-order valence-corrected chi connectivity index (χ1v) is 6.40. The van der Waals surface area contributed by atoms with Crippen molar-refractivity contribution < 1.29 is 18.4 Å². The molecule has 20 heavy (non-hydrogen) atoms. The SMILES string of the molecule is OC1CC(c2ccc(F)c(F)c2)N(Cc2ccon2)C1. The smallest absolute Gasteiger partial charge is 0.159 e. The summed E-state index contributed by atoms with van der Waals surface area (Å²) in [5.41, 5.74) is 1.40. The van der Waals surface area contributed by atoms with Gasteiger partial charge in [0.2, 0.25) is 0 Å². The molecule has 0 amide bonds. The lowest BCUT2D eigenvalue weighted by Crippen LogP contribution is -2.24. The van der Waals surface area contributed by atoms with Gasteiger partial charge in [-0.1, -0.05) is 11.2 Å². The van der Waals surface area contributed by atoms with Gasteiger partial charge >= 0.3 is 0 Å². The Bertz CT molecular complexity index is 589. The standard InChI is InChI=1S/C14H14F2N2O2/c15-12-2-1-9(5-13(12)16)14-6-11(19)8-18(14)7-10-3-4-20-17-10/h1-5,11,14,19H,6-8H2. The first-order valence-electron chi connectivity index (χ1n) is 6.40. The average molecular weight is 280 g/mol. The summed E-state index contributed by atoms with van der Waals surface area (Å²) in [6.45, 7) is 0.966. The third kappa shape index (κ3) is 2.57. The van der Waals surface area contributed by atoms with Gasteiger partial charge in [-0.25, -0.2) is 8.78 Å². The van der Waals surface area contributed by atoms with Crippen molar-refractivity contribution in [2.24, 2.45) is 0 Å². The van der Waals surface area contributed by atoms with Gasteiger partial charge in [0.05, 0.1) is 11.8 Å². The monoisotopic (exact) mass is 280 g/mol. The van der Waals surface area contributed by atoms with Crippen molar-refractivity contribution in [1.29, 1.82) is 0 Å². The molecule has 1 fully saturated rings. The molecule has 2 unspecified atom stereocenters. The molecule has 0 aliphatic carbocycles. The largest absolute Gasteiger partial charge is 0.392 e. The topological polar surface area (TPSA) is 49.5 Å². The summed E-state index contributed by atoms with van der Waals surface area (Å²) < 4.78 is 31.1. The second-order valence-electron chi connectivity index (χ2n) is 5.00. The highest BCUT2D eigenvalue weighted by Gasteiger charge is 2.32. The highest BCUT2D eigenvalue weighted by Crippen LogP contribution is 2.33. The molecule has 2 heterocycles. The van der Waals surface area contributed by atoms with E-state index in [4.69, 9.17) is 4.52 Å². The van der Waals surface area contributed by atoms with Crippen LogP contribution >= 0.6 is 0 Å². The zero-order valence-corrected chi connectivity index (χ0v) is 10.7. The number of hydrogen-bond acceptors (Lipinski definition) is 4. The fraction of sp³-hybridized carbons (Fsp3) is 0.357. The molecule has 0 radical (unpaired) electrons. The molecule has 0 bridgehead atoms. The number of β-amino-alcohol motifs (C(OH)–C–C–N with tert-alkyl or cyclic N) is 1. The highest BCUT2D eigenvalue weighted by molar-refractivity contribution is 5.23. The minimum absolute atomic E-state index is 0.156. The third-order valence-electron chi connectivity index (χ3n) is 3.57. The number of nitrogens with zero attached hydrogens (tertiary/aromatic N) is 2. The first kappa shape index (κ1) is 13.2. The van der Waals surface area contributed by atoms with E-state index >= 15 is 0 Å². The van der Waals surface area contributed by atoms with Crippen molar-refractivity contribution in [3.63, 3.8) is 0 Å². The average Bonchev–Trinajstić information content (AvgIpc) is 3.03. The Labute approximate surface area is 114 Å². The predicted octanol–water partition coefficient (Wildman–Crippen LogP) is 2.26. The van der Waals surface area contributed by atoms with E-state index in [1.54, 1.807) is 12.1 Å². The molecule has 2 atom stereocenters. The number of benzene rings is 1. The molecule has 4 nitrogen and oxygen atoms in total. The van der Waals surface area contributed by atoms with Crippen LogP contribution in [0.15, 0.2) is 35.1 Å². The third-order valence-corrected chi connectivity index (χ3v) is 3.57. The number of rotatable bonds is 3. The zero-order valence-electron chi connectivity index (χ0n) is 10.7. The van der Waals surface area contributed by atoms with Gasteiger partial charge in [-0.15, -0.1) is 0 Å². The lowest BCUT2D eigenvalue weighted by atomic mass is 10.0. The Morgan fingerprint density at radius 1 is 1.30 bits per heavy atom. The Morgan fingerprint density at radius 2 is 2.15 bits per heavy atom. The van der Waals surface area contributed by atoms with Gasteiger partial charge < -0.3 is 9.63 Å². The summed E-state index contributed by atoms with van der Waals surface area (Å²) in [7, 11) is 0. The number of aliphatic hydroxyl groups excluding tert-OH is 1. The van der Waals surface area contributed by atoms with Gasteiger partial charge in [0, 0.05) is 25.2 Å². The number of halogens is 2. The van der Waals surface area contributed by atoms with E-state index in [-0.39, 0.29) is 6.04 Å². The summed E-state index contributed by atoms with van der Waals surface area (Å²) in [5.74, 6) is -1.74. The Morgan fingerprint density at radius 3 is 2.85 bits per heavy atom. The van der Waals surface area contributed by atoms with Crippen LogP contribution in [0.25, 0.3) is 0 Å². The van der Waals surface area contributed by atoms with Gasteiger partial charge in [0.15, 0.2) is 11.6 Å². The zero-order chi connectivity index (χ0) is 14.1. The molecule has 1 aromatic carbocycles. The lowest BCUT2D eigenvalue weighted by molar-refractivity contribution is 0.171. The Balaban J connectivity index is 1.83. The molecule has 1 aliphatic rings. The lowest BCUT2D eigenvalue weighted by Gasteiger charge is -2.23. The van der Waals surface area contributed by atoms with E-state index in [1.807, 2.05) is 4.90 Å². The fourth-order valence-electron chi connectivity index (χ4n) is 2.65. The summed E-state index contributed by atoms with van der Waals surface area (Å²) in [4.78, 5) is 1.98. The molecule has 1 N–H and O–H groups in total. The van der Waals surface area contributed by atoms with E-state index < -0.39 is 17.7 Å². The van der Waals surface area contributed by atoms with E-state index in [2.05, 4.69) is 5.16 Å². The minimum Gasteiger partial charge on any atom is -0.392 e. The molecule has 3 rings (SSSR count).